The van der Waals surface area contributed by atoms with Crippen LogP contribution in [0.25, 0.3) is 0 Å². The summed E-state index contributed by atoms with van der Waals surface area (Å²) in [4.78, 5) is 4.90. The third-order valence-corrected chi connectivity index (χ3v) is 6.48. The smallest absolute Gasteiger partial charge is 0.0276 e. The van der Waals surface area contributed by atoms with Gasteiger partial charge >= 0.3 is 0 Å². The van der Waals surface area contributed by atoms with Crippen molar-refractivity contribution < 1.29 is 0 Å². The Morgan fingerprint density at radius 3 is 1.50 bits per heavy atom. The van der Waals surface area contributed by atoms with Gasteiger partial charge in [0.1, 0.15) is 0 Å². The van der Waals surface area contributed by atoms with Crippen molar-refractivity contribution in [3.8, 4) is 0 Å². The fraction of sp³-hybridized carbons (Fsp3) is 0.950. The molecule has 1 heterocycles. The summed E-state index contributed by atoms with van der Waals surface area (Å²) in [6.07, 6.45) is 19.9. The Bertz CT molecular complexity index is 333. The van der Waals surface area contributed by atoms with E-state index in [2.05, 4.69) is 12.4 Å². The normalized spacial score (nSPS) is 38.1. The van der Waals surface area contributed by atoms with Crippen molar-refractivity contribution in [3.63, 3.8) is 0 Å². The summed E-state index contributed by atoms with van der Waals surface area (Å²) in [5.74, 6) is 1.48. The van der Waals surface area contributed by atoms with Gasteiger partial charge in [-0.1, -0.05) is 64.2 Å². The van der Waals surface area contributed by atoms with Crippen LogP contribution in [0.1, 0.15) is 89.9 Å². The van der Waals surface area contributed by atoms with Crippen molar-refractivity contribution >= 4 is 5.71 Å². The van der Waals surface area contributed by atoms with Crippen molar-refractivity contribution in [1.29, 1.82) is 0 Å². The van der Waals surface area contributed by atoms with Crippen molar-refractivity contribution in [2.24, 2.45) is 16.8 Å². The minimum atomic E-state index is 0.721. The van der Waals surface area contributed by atoms with E-state index < -0.39 is 0 Å². The zero-order chi connectivity index (χ0) is 15.2. The monoisotopic (exact) mass is 304 g/mol. The fourth-order valence-electron chi connectivity index (χ4n) is 5.31. The average molecular weight is 305 g/mol. The Kier molecular flexibility index (Phi) is 6.35. The average Bonchev–Trinajstić information content (AvgIpc) is 2.72. The number of nitrogens with zero attached hydrogens (tertiary/aromatic N) is 1. The Morgan fingerprint density at radius 2 is 1.05 bits per heavy atom. The van der Waals surface area contributed by atoms with E-state index in [-0.39, 0.29) is 0 Å². The second-order valence-corrected chi connectivity index (χ2v) is 7.93. The number of nitrogens with one attached hydrogen (secondary N) is 1. The van der Waals surface area contributed by atoms with Crippen LogP contribution >= 0.6 is 0 Å². The van der Waals surface area contributed by atoms with Crippen LogP contribution < -0.4 is 5.32 Å². The maximum Gasteiger partial charge on any atom is 0.0276 e. The van der Waals surface area contributed by atoms with Gasteiger partial charge in [-0.3, -0.25) is 4.99 Å². The third-order valence-electron chi connectivity index (χ3n) is 6.48. The summed E-state index contributed by atoms with van der Waals surface area (Å²) in [5.41, 5.74) is 1.61. The molecule has 2 saturated carbocycles. The van der Waals surface area contributed by atoms with Crippen LogP contribution in [-0.4, -0.2) is 24.8 Å². The maximum atomic E-state index is 4.90. The molecule has 0 radical (unpaired) electrons. The summed E-state index contributed by atoms with van der Waals surface area (Å²) < 4.78 is 0. The van der Waals surface area contributed by atoms with Gasteiger partial charge in [-0.05, 0) is 25.7 Å². The summed E-state index contributed by atoms with van der Waals surface area (Å²) in [6, 6.07) is 1.44. The molecule has 3 aliphatic rings. The molecule has 0 aromatic heterocycles. The van der Waals surface area contributed by atoms with Crippen molar-refractivity contribution in [2.45, 2.75) is 102 Å². The van der Waals surface area contributed by atoms with Crippen LogP contribution in [0.15, 0.2) is 4.99 Å². The first-order chi connectivity index (χ1) is 10.9. The highest BCUT2D eigenvalue weighted by atomic mass is 15.0. The number of fused-ring (bicyclic) bond motifs is 2. The van der Waals surface area contributed by atoms with Crippen molar-refractivity contribution in [2.75, 3.05) is 7.05 Å². The van der Waals surface area contributed by atoms with Gasteiger partial charge in [0.15, 0.2) is 0 Å². The number of rotatable bonds is 0. The number of hydrogen-bond donors (Lipinski definition) is 1. The summed E-state index contributed by atoms with van der Waals surface area (Å²) in [7, 11) is 2.08. The molecule has 0 aromatic rings. The molecule has 3 fully saturated rings. The number of piperidine rings is 1. The molecule has 4 atom stereocenters. The molecule has 2 aliphatic carbocycles. The lowest BCUT2D eigenvalue weighted by Crippen LogP contribution is -2.57. The molecule has 0 amide bonds. The van der Waals surface area contributed by atoms with Gasteiger partial charge in [0.2, 0.25) is 0 Å². The lowest BCUT2D eigenvalue weighted by atomic mass is 9.72. The largest absolute Gasteiger partial charge is 0.310 e. The molecule has 4 unspecified atom stereocenters. The van der Waals surface area contributed by atoms with Gasteiger partial charge in [-0.2, -0.15) is 0 Å². The zero-order valence-electron chi connectivity index (χ0n) is 14.7. The van der Waals surface area contributed by atoms with Gasteiger partial charge < -0.3 is 5.32 Å². The Labute approximate surface area is 137 Å². The SMILES string of the molecule is CN=C1C2CCCCCCCC2NC2CCCCCCCC12. The summed E-state index contributed by atoms with van der Waals surface area (Å²) >= 11 is 0. The molecule has 2 heteroatoms. The van der Waals surface area contributed by atoms with Crippen LogP contribution in [0.3, 0.4) is 0 Å². The van der Waals surface area contributed by atoms with Crippen LogP contribution in [0, 0.1) is 11.8 Å². The van der Waals surface area contributed by atoms with Crippen LogP contribution in [0.2, 0.25) is 0 Å². The van der Waals surface area contributed by atoms with E-state index in [0.29, 0.717) is 0 Å². The van der Waals surface area contributed by atoms with E-state index in [1.54, 1.807) is 5.71 Å². The molecule has 0 bridgehead atoms. The van der Waals surface area contributed by atoms with Crippen LogP contribution in [0.5, 0.6) is 0 Å². The second-order valence-electron chi connectivity index (χ2n) is 7.93. The van der Waals surface area contributed by atoms with E-state index in [9.17, 15) is 0 Å². The van der Waals surface area contributed by atoms with E-state index in [1.165, 1.54) is 89.9 Å². The molecule has 2 nitrogen and oxygen atoms in total. The topological polar surface area (TPSA) is 24.4 Å². The van der Waals surface area contributed by atoms with Gasteiger partial charge in [-0.15, -0.1) is 0 Å². The van der Waals surface area contributed by atoms with Gasteiger partial charge in [0.05, 0.1) is 0 Å². The summed E-state index contributed by atoms with van der Waals surface area (Å²) in [5, 5.41) is 4.13. The molecule has 0 spiro atoms. The Hall–Kier alpha value is -0.370. The van der Waals surface area contributed by atoms with Crippen LogP contribution in [0.4, 0.5) is 0 Å². The highest BCUT2D eigenvalue weighted by molar-refractivity contribution is 5.91. The molecule has 0 aromatic carbocycles. The van der Waals surface area contributed by atoms with Gasteiger partial charge in [-0.25, -0.2) is 0 Å². The molecule has 1 N–H and O–H groups in total. The number of aliphatic imine (C=N–C) groups is 1. The van der Waals surface area contributed by atoms with Crippen molar-refractivity contribution in [3.05, 3.63) is 0 Å². The van der Waals surface area contributed by atoms with Crippen molar-refractivity contribution in [1.82, 2.24) is 5.32 Å². The van der Waals surface area contributed by atoms with Gasteiger partial charge in [0, 0.05) is 36.7 Å². The first-order valence-corrected chi connectivity index (χ1v) is 10.1. The molecule has 22 heavy (non-hydrogen) atoms. The van der Waals surface area contributed by atoms with E-state index >= 15 is 0 Å². The maximum absolute atomic E-state index is 4.90. The van der Waals surface area contributed by atoms with Gasteiger partial charge in [0.25, 0.3) is 0 Å². The van der Waals surface area contributed by atoms with Crippen LogP contribution in [-0.2, 0) is 0 Å². The summed E-state index contributed by atoms with van der Waals surface area (Å²) in [6.45, 7) is 0. The molecular formula is C20H36N2. The second kappa shape index (κ2) is 8.47. The first kappa shape index (κ1) is 16.5. The Morgan fingerprint density at radius 1 is 0.636 bits per heavy atom. The molecule has 3 rings (SSSR count). The molecular weight excluding hydrogens is 268 g/mol. The van der Waals surface area contributed by atoms with E-state index in [1.807, 2.05) is 0 Å². The minimum Gasteiger partial charge on any atom is -0.310 e. The molecule has 1 saturated heterocycles. The minimum absolute atomic E-state index is 0.721. The lowest BCUT2D eigenvalue weighted by Gasteiger charge is -2.44. The zero-order valence-corrected chi connectivity index (χ0v) is 14.7. The first-order valence-electron chi connectivity index (χ1n) is 10.1. The third kappa shape index (κ3) is 3.93. The van der Waals surface area contributed by atoms with E-state index in [0.717, 1.165) is 23.9 Å². The predicted molar refractivity (Wildman–Crippen MR) is 95.7 cm³/mol. The fourth-order valence-corrected chi connectivity index (χ4v) is 5.31. The number of hydrogen-bond acceptors (Lipinski definition) is 2. The lowest BCUT2D eigenvalue weighted by molar-refractivity contribution is 0.246. The predicted octanol–water partition coefficient (Wildman–Crippen LogP) is 5.12. The Balaban J connectivity index is 1.79. The molecule has 1 aliphatic heterocycles. The highest BCUT2D eigenvalue weighted by Crippen LogP contribution is 2.36. The quantitative estimate of drug-likeness (QED) is 0.660. The molecule has 126 valence electrons. The standard InChI is InChI=1S/C20H36N2/c1-21-20-16-12-8-4-2-6-10-14-18(16)22-19-15-11-7-3-5-9-13-17(19)20/h16-19,22H,2-15H2,1H3. The highest BCUT2D eigenvalue weighted by Gasteiger charge is 2.40. The van der Waals surface area contributed by atoms with E-state index in [4.69, 9.17) is 4.99 Å².